The van der Waals surface area contributed by atoms with E-state index >= 15 is 0 Å². The summed E-state index contributed by atoms with van der Waals surface area (Å²) in [4.78, 5) is 20.8. The molecule has 3 fully saturated rings. The van der Waals surface area contributed by atoms with Gasteiger partial charge < -0.3 is 4.90 Å². The second-order valence-corrected chi connectivity index (χ2v) is 6.50. The van der Waals surface area contributed by atoms with Gasteiger partial charge in [0.25, 0.3) is 5.91 Å². The first-order chi connectivity index (χ1) is 9.81. The summed E-state index contributed by atoms with van der Waals surface area (Å²) in [7, 11) is 0. The molecule has 4 heteroatoms. The van der Waals surface area contributed by atoms with Crippen LogP contribution in [0.2, 0.25) is 0 Å². The van der Waals surface area contributed by atoms with E-state index in [4.69, 9.17) is 0 Å². The van der Waals surface area contributed by atoms with Crippen LogP contribution < -0.4 is 0 Å². The van der Waals surface area contributed by atoms with Crippen LogP contribution in [0, 0.1) is 11.8 Å². The lowest BCUT2D eigenvalue weighted by Crippen LogP contribution is -2.60. The molecule has 1 aliphatic carbocycles. The van der Waals surface area contributed by atoms with Gasteiger partial charge in [0.15, 0.2) is 0 Å². The van der Waals surface area contributed by atoms with Crippen molar-refractivity contribution < 1.29 is 4.79 Å². The molecular weight excluding hydrogens is 250 g/mol. The summed E-state index contributed by atoms with van der Waals surface area (Å²) in [6.07, 6.45) is 7.65. The first kappa shape index (κ1) is 12.3. The molecule has 3 aliphatic rings. The molecule has 0 bridgehead atoms. The fourth-order valence-corrected chi connectivity index (χ4v) is 4.10. The Morgan fingerprint density at radius 1 is 1.05 bits per heavy atom. The molecule has 1 aromatic rings. The van der Waals surface area contributed by atoms with E-state index < -0.39 is 0 Å². The highest BCUT2D eigenvalue weighted by atomic mass is 16.2. The number of aromatic nitrogens is 1. The molecule has 2 aliphatic heterocycles. The van der Waals surface area contributed by atoms with Crippen molar-refractivity contribution in [1.29, 1.82) is 0 Å². The normalized spacial score (nSPS) is 30.3. The molecule has 2 unspecified atom stereocenters. The summed E-state index contributed by atoms with van der Waals surface area (Å²) in [6, 6.07) is 4.21. The van der Waals surface area contributed by atoms with Crippen molar-refractivity contribution in [2.75, 3.05) is 26.2 Å². The minimum atomic E-state index is 0.156. The van der Waals surface area contributed by atoms with Gasteiger partial charge in [0.2, 0.25) is 0 Å². The molecule has 0 radical (unpaired) electrons. The van der Waals surface area contributed by atoms with Crippen LogP contribution >= 0.6 is 0 Å². The Bertz CT molecular complexity index is 486. The lowest BCUT2D eigenvalue weighted by Gasteiger charge is -2.44. The fraction of sp³-hybridized carbons (Fsp3) is 0.625. The van der Waals surface area contributed by atoms with Crippen molar-refractivity contribution in [1.82, 2.24) is 14.8 Å². The zero-order valence-corrected chi connectivity index (χ0v) is 11.7. The molecule has 1 amide bonds. The average Bonchev–Trinajstić information content (AvgIpc) is 2.99. The summed E-state index contributed by atoms with van der Waals surface area (Å²) in [5, 5.41) is 0. The predicted molar refractivity (Wildman–Crippen MR) is 76.3 cm³/mol. The van der Waals surface area contributed by atoms with Crippen molar-refractivity contribution in [3.8, 4) is 0 Å². The van der Waals surface area contributed by atoms with Gasteiger partial charge in [-0.2, -0.15) is 0 Å². The summed E-state index contributed by atoms with van der Waals surface area (Å²) < 4.78 is 0. The molecule has 0 aromatic carbocycles. The minimum Gasteiger partial charge on any atom is -0.335 e. The first-order valence-electron chi connectivity index (χ1n) is 7.74. The number of hydrogen-bond donors (Lipinski definition) is 0. The molecule has 3 heterocycles. The smallest absolute Gasteiger partial charge is 0.254 e. The van der Waals surface area contributed by atoms with Crippen LogP contribution in [0.4, 0.5) is 0 Å². The average molecular weight is 271 g/mol. The van der Waals surface area contributed by atoms with Crippen molar-refractivity contribution in [3.05, 3.63) is 30.1 Å². The van der Waals surface area contributed by atoms with E-state index in [9.17, 15) is 4.79 Å². The van der Waals surface area contributed by atoms with Gasteiger partial charge in [-0.25, -0.2) is 0 Å². The van der Waals surface area contributed by atoms with Crippen LogP contribution in [-0.2, 0) is 0 Å². The molecule has 1 saturated carbocycles. The van der Waals surface area contributed by atoms with Gasteiger partial charge in [0.05, 0.1) is 0 Å². The number of hydrogen-bond acceptors (Lipinski definition) is 3. The van der Waals surface area contributed by atoms with E-state index in [-0.39, 0.29) is 5.91 Å². The number of fused-ring (bicyclic) bond motifs is 1. The van der Waals surface area contributed by atoms with Crippen molar-refractivity contribution in [2.45, 2.75) is 25.3 Å². The Labute approximate surface area is 119 Å². The van der Waals surface area contributed by atoms with Gasteiger partial charge in [-0.3, -0.25) is 14.7 Å². The van der Waals surface area contributed by atoms with Gasteiger partial charge in [-0.15, -0.1) is 0 Å². The third-order valence-corrected chi connectivity index (χ3v) is 5.35. The molecule has 4 nitrogen and oxygen atoms in total. The second kappa shape index (κ2) is 4.85. The van der Waals surface area contributed by atoms with E-state index in [1.807, 2.05) is 4.90 Å². The van der Waals surface area contributed by atoms with E-state index in [0.29, 0.717) is 6.04 Å². The SMILES string of the molecule is O=C(c1ccncc1)N1CC(N2CC3CCCC3C2)C1. The Kier molecular flexibility index (Phi) is 2.99. The Morgan fingerprint density at radius 2 is 1.70 bits per heavy atom. The molecule has 2 atom stereocenters. The highest BCUT2D eigenvalue weighted by Gasteiger charge is 2.43. The first-order valence-corrected chi connectivity index (χ1v) is 7.74. The Morgan fingerprint density at radius 3 is 2.35 bits per heavy atom. The van der Waals surface area contributed by atoms with Crippen LogP contribution in [0.1, 0.15) is 29.6 Å². The summed E-state index contributed by atoms with van der Waals surface area (Å²) >= 11 is 0. The number of likely N-dealkylation sites (tertiary alicyclic amines) is 2. The van der Waals surface area contributed by atoms with Crippen LogP contribution in [0.25, 0.3) is 0 Å². The van der Waals surface area contributed by atoms with E-state index in [1.165, 1.54) is 32.4 Å². The Balaban J connectivity index is 1.33. The third-order valence-electron chi connectivity index (χ3n) is 5.35. The molecule has 0 spiro atoms. The topological polar surface area (TPSA) is 36.4 Å². The molecule has 2 saturated heterocycles. The number of pyridine rings is 1. The number of rotatable bonds is 2. The van der Waals surface area contributed by atoms with Gasteiger partial charge >= 0.3 is 0 Å². The highest BCUT2D eigenvalue weighted by molar-refractivity contribution is 5.94. The number of amides is 1. The second-order valence-electron chi connectivity index (χ2n) is 6.50. The minimum absolute atomic E-state index is 0.156. The molecule has 0 N–H and O–H groups in total. The number of nitrogens with zero attached hydrogens (tertiary/aromatic N) is 3. The summed E-state index contributed by atoms with van der Waals surface area (Å²) in [5.41, 5.74) is 0.761. The number of carbonyl (C=O) groups excluding carboxylic acids is 1. The quantitative estimate of drug-likeness (QED) is 0.820. The molecular formula is C16H21N3O. The molecule has 106 valence electrons. The monoisotopic (exact) mass is 271 g/mol. The van der Waals surface area contributed by atoms with Crippen molar-refractivity contribution in [2.24, 2.45) is 11.8 Å². The van der Waals surface area contributed by atoms with Gasteiger partial charge in [0, 0.05) is 50.2 Å². The lowest BCUT2D eigenvalue weighted by atomic mass is 10.0. The molecule has 4 rings (SSSR count). The maximum absolute atomic E-state index is 12.3. The lowest BCUT2D eigenvalue weighted by molar-refractivity contribution is 0.0313. The standard InChI is InChI=1S/C16H21N3O/c20-16(12-4-6-17-7-5-12)19-10-15(11-19)18-8-13-2-1-3-14(13)9-18/h4-7,13-15H,1-3,8-11H2. The molecule has 1 aromatic heterocycles. The fourth-order valence-electron chi connectivity index (χ4n) is 4.10. The van der Waals surface area contributed by atoms with E-state index in [1.54, 1.807) is 24.5 Å². The summed E-state index contributed by atoms with van der Waals surface area (Å²) in [6.45, 7) is 4.35. The van der Waals surface area contributed by atoms with Gasteiger partial charge in [-0.05, 0) is 36.8 Å². The van der Waals surface area contributed by atoms with Gasteiger partial charge in [-0.1, -0.05) is 6.42 Å². The predicted octanol–water partition coefficient (Wildman–Crippen LogP) is 1.64. The Hall–Kier alpha value is -1.42. The van der Waals surface area contributed by atoms with E-state index in [2.05, 4.69) is 9.88 Å². The van der Waals surface area contributed by atoms with Crippen molar-refractivity contribution >= 4 is 5.91 Å². The van der Waals surface area contributed by atoms with Gasteiger partial charge in [0.1, 0.15) is 0 Å². The van der Waals surface area contributed by atoms with Crippen LogP contribution in [0.15, 0.2) is 24.5 Å². The highest BCUT2D eigenvalue weighted by Crippen LogP contribution is 2.39. The largest absolute Gasteiger partial charge is 0.335 e. The summed E-state index contributed by atoms with van der Waals surface area (Å²) in [5.74, 6) is 2.04. The zero-order valence-electron chi connectivity index (χ0n) is 11.7. The van der Waals surface area contributed by atoms with Crippen molar-refractivity contribution in [3.63, 3.8) is 0 Å². The van der Waals surface area contributed by atoms with Crippen LogP contribution in [-0.4, -0.2) is 52.9 Å². The molecule has 20 heavy (non-hydrogen) atoms. The maximum Gasteiger partial charge on any atom is 0.254 e. The number of carbonyl (C=O) groups is 1. The zero-order chi connectivity index (χ0) is 13.5. The van der Waals surface area contributed by atoms with Crippen LogP contribution in [0.3, 0.4) is 0 Å². The van der Waals surface area contributed by atoms with E-state index in [0.717, 1.165) is 30.5 Å². The van der Waals surface area contributed by atoms with Crippen LogP contribution in [0.5, 0.6) is 0 Å². The third kappa shape index (κ3) is 2.03. The maximum atomic E-state index is 12.3.